The van der Waals surface area contributed by atoms with Gasteiger partial charge in [-0.25, -0.2) is 0 Å². The van der Waals surface area contributed by atoms with Crippen molar-refractivity contribution < 1.29 is 14.8 Å². The largest absolute Gasteiger partial charge is 0.454 e. The molecule has 0 aromatic heterocycles. The van der Waals surface area contributed by atoms with Gasteiger partial charge < -0.3 is 20.1 Å². The Balaban J connectivity index is 2.03. The molecule has 5 heteroatoms. The molecule has 0 bridgehead atoms. The number of aliphatic hydroxyl groups is 1. The number of benzene rings is 1. The molecule has 1 aromatic carbocycles. The van der Waals surface area contributed by atoms with Gasteiger partial charge in [-0.2, -0.15) is 0 Å². The normalized spacial score (nSPS) is 10.5. The predicted molar refractivity (Wildman–Crippen MR) is 68.8 cm³/mol. The molecule has 0 saturated heterocycles. The van der Waals surface area contributed by atoms with Crippen LogP contribution in [0.1, 0.15) is 5.56 Å². The van der Waals surface area contributed by atoms with Crippen LogP contribution >= 0.6 is 0 Å². The van der Waals surface area contributed by atoms with E-state index in [1.165, 1.54) is 5.56 Å². The molecular formula is C12H20BNO3. The number of hydrogen-bond donors (Lipinski definition) is 3. The van der Waals surface area contributed by atoms with Gasteiger partial charge in [0.25, 0.3) is 0 Å². The summed E-state index contributed by atoms with van der Waals surface area (Å²) in [4.78, 5) is 0. The first-order valence-electron chi connectivity index (χ1n) is 5.98. The van der Waals surface area contributed by atoms with Crippen molar-refractivity contribution in [2.75, 3.05) is 26.3 Å². The van der Waals surface area contributed by atoms with Crippen molar-refractivity contribution in [3.05, 3.63) is 35.9 Å². The second kappa shape index (κ2) is 9.19. The van der Waals surface area contributed by atoms with Crippen LogP contribution in [0.2, 0.25) is 6.32 Å². The predicted octanol–water partition coefficient (Wildman–Crippen LogP) is 0.308. The number of aliphatic hydroxyl groups excluding tert-OH is 1. The molecule has 17 heavy (non-hydrogen) atoms. The summed E-state index contributed by atoms with van der Waals surface area (Å²) in [6.07, 6.45) is 1.41. The van der Waals surface area contributed by atoms with Crippen LogP contribution in [-0.2, 0) is 11.1 Å². The smallest absolute Gasteiger partial charge is 0.427 e. The minimum Gasteiger partial charge on any atom is -0.427 e. The number of aryl methyl sites for hydroxylation is 1. The lowest BCUT2D eigenvalue weighted by molar-refractivity contribution is 0.247. The van der Waals surface area contributed by atoms with Gasteiger partial charge in [-0.15, -0.1) is 0 Å². The number of hydrogen-bond acceptors (Lipinski definition) is 4. The van der Waals surface area contributed by atoms with E-state index in [-0.39, 0.29) is 6.61 Å². The third kappa shape index (κ3) is 7.12. The van der Waals surface area contributed by atoms with Crippen molar-refractivity contribution >= 4 is 7.12 Å². The summed E-state index contributed by atoms with van der Waals surface area (Å²) in [5, 5.41) is 21.1. The van der Waals surface area contributed by atoms with Crippen molar-refractivity contribution in [2.45, 2.75) is 12.7 Å². The Hall–Kier alpha value is -0.875. The molecular weight excluding hydrogens is 217 g/mol. The zero-order chi connectivity index (χ0) is 12.3. The van der Waals surface area contributed by atoms with E-state index in [0.717, 1.165) is 6.42 Å². The Kier molecular flexibility index (Phi) is 7.67. The summed E-state index contributed by atoms with van der Waals surface area (Å²) in [5.41, 5.74) is 1.20. The van der Waals surface area contributed by atoms with Crippen LogP contribution in [-0.4, -0.2) is 43.6 Å². The van der Waals surface area contributed by atoms with Gasteiger partial charge in [-0.1, -0.05) is 30.3 Å². The monoisotopic (exact) mass is 237 g/mol. The van der Waals surface area contributed by atoms with Crippen LogP contribution < -0.4 is 5.32 Å². The molecule has 0 atom stereocenters. The van der Waals surface area contributed by atoms with Crippen molar-refractivity contribution in [1.29, 1.82) is 0 Å². The van der Waals surface area contributed by atoms with Gasteiger partial charge in [-0.05, 0) is 18.3 Å². The maximum atomic E-state index is 9.57. The minimum atomic E-state index is -0.717. The summed E-state index contributed by atoms with van der Waals surface area (Å²) >= 11 is 0. The van der Waals surface area contributed by atoms with E-state index in [1.807, 2.05) is 30.3 Å². The molecule has 1 aromatic rings. The van der Waals surface area contributed by atoms with E-state index in [2.05, 4.69) is 5.32 Å². The number of nitrogens with one attached hydrogen (secondary N) is 1. The highest BCUT2D eigenvalue weighted by Crippen LogP contribution is 2.04. The van der Waals surface area contributed by atoms with Crippen molar-refractivity contribution in [2.24, 2.45) is 0 Å². The topological polar surface area (TPSA) is 61.7 Å². The molecule has 0 amide bonds. The maximum absolute atomic E-state index is 9.57. The van der Waals surface area contributed by atoms with Gasteiger partial charge in [0.2, 0.25) is 0 Å². The van der Waals surface area contributed by atoms with Gasteiger partial charge in [0.05, 0.1) is 6.61 Å². The standard InChI is InChI=1S/C12H20BNO3/c15-10-8-14-9-11-17-13(16)7-6-12-4-2-1-3-5-12/h1-5,14-16H,6-11H2. The average Bonchev–Trinajstić information content (AvgIpc) is 2.37. The van der Waals surface area contributed by atoms with Crippen molar-refractivity contribution in [1.82, 2.24) is 5.32 Å². The molecule has 0 saturated carbocycles. The fourth-order valence-corrected chi connectivity index (χ4v) is 1.49. The third-order valence-corrected chi connectivity index (χ3v) is 2.40. The Morgan fingerprint density at radius 3 is 2.65 bits per heavy atom. The molecule has 1 rings (SSSR count). The van der Waals surface area contributed by atoms with Crippen molar-refractivity contribution in [3.8, 4) is 0 Å². The summed E-state index contributed by atoms with van der Waals surface area (Å²) in [5.74, 6) is 0. The van der Waals surface area contributed by atoms with Gasteiger partial charge in [-0.3, -0.25) is 0 Å². The Morgan fingerprint density at radius 2 is 1.94 bits per heavy atom. The SMILES string of the molecule is OCCNCCOB(O)CCc1ccccc1. The molecule has 94 valence electrons. The summed E-state index contributed by atoms with van der Waals surface area (Å²) < 4.78 is 5.22. The van der Waals surface area contributed by atoms with Gasteiger partial charge in [0.15, 0.2) is 0 Å². The fraction of sp³-hybridized carbons (Fsp3) is 0.500. The first-order valence-corrected chi connectivity index (χ1v) is 5.98. The number of rotatable bonds is 9. The molecule has 0 fully saturated rings. The molecule has 4 nitrogen and oxygen atoms in total. The second-order valence-corrected chi connectivity index (χ2v) is 3.82. The van der Waals surface area contributed by atoms with Crippen LogP contribution in [0.5, 0.6) is 0 Å². The van der Waals surface area contributed by atoms with Crippen LogP contribution in [0.15, 0.2) is 30.3 Å². The lowest BCUT2D eigenvalue weighted by atomic mass is 9.82. The quantitative estimate of drug-likeness (QED) is 0.427. The van der Waals surface area contributed by atoms with Crippen LogP contribution in [0.4, 0.5) is 0 Å². The molecule has 0 aliphatic rings. The second-order valence-electron chi connectivity index (χ2n) is 3.82. The lowest BCUT2D eigenvalue weighted by Gasteiger charge is -2.08. The third-order valence-electron chi connectivity index (χ3n) is 2.40. The molecule has 0 spiro atoms. The van der Waals surface area contributed by atoms with E-state index in [9.17, 15) is 5.02 Å². The first-order chi connectivity index (χ1) is 8.33. The summed E-state index contributed by atoms with van der Waals surface area (Å²) in [6.45, 7) is 1.78. The summed E-state index contributed by atoms with van der Waals surface area (Å²) in [6, 6.07) is 10.0. The zero-order valence-corrected chi connectivity index (χ0v) is 10.0. The first kappa shape index (κ1) is 14.2. The van der Waals surface area contributed by atoms with Crippen LogP contribution in [0.25, 0.3) is 0 Å². The highest BCUT2D eigenvalue weighted by atomic mass is 16.5. The molecule has 0 aliphatic heterocycles. The molecule has 0 aliphatic carbocycles. The van der Waals surface area contributed by atoms with Gasteiger partial charge in [0, 0.05) is 19.7 Å². The maximum Gasteiger partial charge on any atom is 0.454 e. The molecule has 0 heterocycles. The highest BCUT2D eigenvalue weighted by Gasteiger charge is 2.11. The van der Waals surface area contributed by atoms with E-state index in [0.29, 0.717) is 26.0 Å². The molecule has 3 N–H and O–H groups in total. The van der Waals surface area contributed by atoms with Crippen molar-refractivity contribution in [3.63, 3.8) is 0 Å². The Bertz CT molecular complexity index is 284. The highest BCUT2D eigenvalue weighted by molar-refractivity contribution is 6.42. The fourth-order valence-electron chi connectivity index (χ4n) is 1.49. The minimum absolute atomic E-state index is 0.122. The van der Waals surface area contributed by atoms with Gasteiger partial charge in [0.1, 0.15) is 0 Å². The lowest BCUT2D eigenvalue weighted by Crippen LogP contribution is -2.27. The van der Waals surface area contributed by atoms with E-state index < -0.39 is 7.12 Å². The molecule has 0 unspecified atom stereocenters. The van der Waals surface area contributed by atoms with E-state index >= 15 is 0 Å². The van der Waals surface area contributed by atoms with Crippen LogP contribution in [0.3, 0.4) is 0 Å². The zero-order valence-electron chi connectivity index (χ0n) is 10.0. The van der Waals surface area contributed by atoms with Gasteiger partial charge >= 0.3 is 7.12 Å². The van der Waals surface area contributed by atoms with Crippen LogP contribution in [0, 0.1) is 0 Å². The Labute approximate surface area is 103 Å². The Morgan fingerprint density at radius 1 is 1.18 bits per heavy atom. The van der Waals surface area contributed by atoms with E-state index in [1.54, 1.807) is 0 Å². The van der Waals surface area contributed by atoms with E-state index in [4.69, 9.17) is 9.76 Å². The summed E-state index contributed by atoms with van der Waals surface area (Å²) in [7, 11) is -0.717. The molecule has 0 radical (unpaired) electrons. The average molecular weight is 237 g/mol.